The van der Waals surface area contributed by atoms with Crippen molar-refractivity contribution in [2.75, 3.05) is 9.21 Å². The molecule has 0 aromatic heterocycles. The van der Waals surface area contributed by atoms with Crippen molar-refractivity contribution < 1.29 is 17.9 Å². The van der Waals surface area contributed by atoms with Gasteiger partial charge >= 0.3 is 6.09 Å². The summed E-state index contributed by atoms with van der Waals surface area (Å²) in [4.78, 5) is 15.0. The summed E-state index contributed by atoms with van der Waals surface area (Å²) in [5, 5.41) is 0. The minimum atomic E-state index is -4.06. The second-order valence-corrected chi connectivity index (χ2v) is 11.0. The minimum absolute atomic E-state index is 0.129. The largest absolute Gasteiger partial charge is 0.443 e. The molecular weight excluding hydrogens is 448 g/mol. The molecule has 0 radical (unpaired) electrons. The highest BCUT2D eigenvalue weighted by Gasteiger charge is 2.48. The number of ether oxygens (including phenoxy) is 1. The molecule has 3 aromatic rings. The molecular formula is C27H28N2O4S. The fourth-order valence-electron chi connectivity index (χ4n) is 3.92. The predicted octanol–water partition coefficient (Wildman–Crippen LogP) is 5.98. The quantitative estimate of drug-likeness (QED) is 0.464. The Morgan fingerprint density at radius 3 is 2.03 bits per heavy atom. The second-order valence-electron chi connectivity index (χ2n) is 9.22. The summed E-state index contributed by atoms with van der Waals surface area (Å²) < 4.78 is 35.0. The Balaban J connectivity index is 1.93. The molecule has 1 amide bonds. The Kier molecular flexibility index (Phi) is 6.00. The van der Waals surface area contributed by atoms with Gasteiger partial charge in [-0.2, -0.15) is 0 Å². The van der Waals surface area contributed by atoms with E-state index in [9.17, 15) is 13.2 Å². The minimum Gasteiger partial charge on any atom is -0.443 e. The number of anilines is 2. The van der Waals surface area contributed by atoms with Crippen LogP contribution in [0.25, 0.3) is 5.57 Å². The molecule has 7 heteroatoms. The molecule has 34 heavy (non-hydrogen) atoms. The zero-order valence-electron chi connectivity index (χ0n) is 19.7. The lowest BCUT2D eigenvalue weighted by Crippen LogP contribution is -2.50. The van der Waals surface area contributed by atoms with E-state index in [0.717, 1.165) is 11.1 Å². The molecule has 1 atom stereocenters. The van der Waals surface area contributed by atoms with E-state index in [0.29, 0.717) is 16.9 Å². The molecule has 0 saturated heterocycles. The van der Waals surface area contributed by atoms with Crippen molar-refractivity contribution in [3.63, 3.8) is 0 Å². The average Bonchev–Trinajstić information content (AvgIpc) is 3.14. The third-order valence-corrected chi connectivity index (χ3v) is 7.25. The first kappa shape index (κ1) is 23.6. The van der Waals surface area contributed by atoms with Gasteiger partial charge in [0.15, 0.2) is 6.17 Å². The van der Waals surface area contributed by atoms with Crippen LogP contribution in [-0.4, -0.2) is 26.3 Å². The molecule has 0 saturated carbocycles. The van der Waals surface area contributed by atoms with Crippen LogP contribution in [0.4, 0.5) is 16.2 Å². The Bertz CT molecular complexity index is 1330. The zero-order valence-corrected chi connectivity index (χ0v) is 20.5. The Morgan fingerprint density at radius 1 is 0.882 bits per heavy atom. The number of sulfonamides is 1. The van der Waals surface area contributed by atoms with Gasteiger partial charge in [0.2, 0.25) is 0 Å². The van der Waals surface area contributed by atoms with Gasteiger partial charge in [-0.15, -0.1) is 0 Å². The van der Waals surface area contributed by atoms with Gasteiger partial charge in [-0.3, -0.25) is 0 Å². The number of rotatable bonds is 4. The number of carbonyl (C=O) groups excluding carboxylic acids is 1. The van der Waals surface area contributed by atoms with Crippen LogP contribution < -0.4 is 9.21 Å². The van der Waals surface area contributed by atoms with Crippen LogP contribution in [-0.2, 0) is 14.8 Å². The van der Waals surface area contributed by atoms with Crippen molar-refractivity contribution in [1.29, 1.82) is 0 Å². The van der Waals surface area contributed by atoms with Crippen LogP contribution in [0, 0.1) is 6.92 Å². The van der Waals surface area contributed by atoms with E-state index in [2.05, 4.69) is 6.58 Å². The molecule has 1 unspecified atom stereocenters. The number of hydrogen-bond donors (Lipinski definition) is 0. The van der Waals surface area contributed by atoms with Gasteiger partial charge in [0, 0.05) is 0 Å². The monoisotopic (exact) mass is 476 g/mol. The van der Waals surface area contributed by atoms with E-state index in [-0.39, 0.29) is 4.90 Å². The number of benzene rings is 3. The van der Waals surface area contributed by atoms with Crippen LogP contribution in [0.15, 0.2) is 90.3 Å². The average molecular weight is 477 g/mol. The second kappa shape index (κ2) is 8.65. The van der Waals surface area contributed by atoms with E-state index in [4.69, 9.17) is 4.74 Å². The lowest BCUT2D eigenvalue weighted by atomic mass is 10.0. The Hall–Kier alpha value is -3.58. The molecule has 0 N–H and O–H groups in total. The van der Waals surface area contributed by atoms with Gasteiger partial charge in [-0.05, 0) is 63.1 Å². The maximum atomic E-state index is 14.0. The third-order valence-electron chi connectivity index (χ3n) is 5.47. The van der Waals surface area contributed by atoms with Gasteiger partial charge in [0.25, 0.3) is 10.0 Å². The number of aryl methyl sites for hydroxylation is 1. The fraction of sp³-hybridized carbons (Fsp3) is 0.222. The summed E-state index contributed by atoms with van der Waals surface area (Å²) in [5.41, 5.74) is 2.18. The highest BCUT2D eigenvalue weighted by atomic mass is 32.2. The molecule has 1 aliphatic rings. The Labute approximate surface area is 201 Å². The van der Waals surface area contributed by atoms with Crippen molar-refractivity contribution in [3.05, 3.63) is 96.6 Å². The van der Waals surface area contributed by atoms with E-state index in [1.54, 1.807) is 69.3 Å². The predicted molar refractivity (Wildman–Crippen MR) is 135 cm³/mol. The molecule has 0 bridgehead atoms. The highest BCUT2D eigenvalue weighted by Crippen LogP contribution is 2.46. The number of fused-ring (bicyclic) bond motifs is 1. The summed E-state index contributed by atoms with van der Waals surface area (Å²) in [5.74, 6) is 0. The number of amides is 1. The molecule has 1 aliphatic heterocycles. The maximum absolute atomic E-state index is 14.0. The first-order chi connectivity index (χ1) is 16.0. The van der Waals surface area contributed by atoms with E-state index < -0.39 is 27.9 Å². The van der Waals surface area contributed by atoms with Crippen LogP contribution in [0.2, 0.25) is 0 Å². The van der Waals surface area contributed by atoms with E-state index >= 15 is 0 Å². The lowest BCUT2D eigenvalue weighted by Gasteiger charge is -2.33. The summed E-state index contributed by atoms with van der Waals surface area (Å²) in [6, 6.07) is 22.8. The van der Waals surface area contributed by atoms with Crippen LogP contribution in [0.5, 0.6) is 0 Å². The molecule has 0 aliphatic carbocycles. The van der Waals surface area contributed by atoms with Crippen molar-refractivity contribution >= 4 is 33.1 Å². The first-order valence-electron chi connectivity index (χ1n) is 11.0. The molecule has 0 fully saturated rings. The molecule has 6 nitrogen and oxygen atoms in total. The molecule has 4 rings (SSSR count). The summed E-state index contributed by atoms with van der Waals surface area (Å²) in [7, 11) is -4.06. The van der Waals surface area contributed by atoms with Crippen molar-refractivity contribution in [3.8, 4) is 0 Å². The van der Waals surface area contributed by atoms with Gasteiger partial charge < -0.3 is 4.74 Å². The zero-order chi connectivity index (χ0) is 24.7. The van der Waals surface area contributed by atoms with E-state index in [1.807, 2.05) is 37.3 Å². The summed E-state index contributed by atoms with van der Waals surface area (Å²) >= 11 is 0. The fourth-order valence-corrected chi connectivity index (χ4v) is 5.52. The van der Waals surface area contributed by atoms with E-state index in [1.165, 1.54) is 9.21 Å². The number of hydrogen-bond acceptors (Lipinski definition) is 4. The molecule has 176 valence electrons. The first-order valence-corrected chi connectivity index (χ1v) is 12.4. The number of carbonyl (C=O) groups is 1. The van der Waals surface area contributed by atoms with Crippen LogP contribution >= 0.6 is 0 Å². The van der Waals surface area contributed by atoms with Gasteiger partial charge in [-0.25, -0.2) is 22.4 Å². The summed E-state index contributed by atoms with van der Waals surface area (Å²) in [6.45, 7) is 11.4. The highest BCUT2D eigenvalue weighted by molar-refractivity contribution is 7.93. The number of para-hydroxylation sites is 2. The van der Waals surface area contributed by atoms with Crippen molar-refractivity contribution in [2.24, 2.45) is 0 Å². The standard InChI is InChI=1S/C27H28N2O4S/c1-19-15-17-22(18-16-19)34(31,32)29-24-14-10-9-13-23(24)28(26(30)33-27(3,4)5)25(29)20(2)21-11-7-6-8-12-21/h6-18,25H,2H2,1,3-5H3. The van der Waals surface area contributed by atoms with Crippen molar-refractivity contribution in [1.82, 2.24) is 0 Å². The molecule has 0 spiro atoms. The molecule has 3 aromatic carbocycles. The lowest BCUT2D eigenvalue weighted by molar-refractivity contribution is 0.0577. The van der Waals surface area contributed by atoms with Crippen molar-refractivity contribution in [2.45, 2.75) is 44.4 Å². The smallest absolute Gasteiger partial charge is 0.416 e. The SMILES string of the molecule is C=C(c1ccccc1)C1N(C(=O)OC(C)(C)C)c2ccccc2N1S(=O)(=O)c1ccc(C)cc1. The van der Waals surface area contributed by atoms with Gasteiger partial charge in [-0.1, -0.05) is 66.7 Å². The van der Waals surface area contributed by atoms with Crippen LogP contribution in [0.3, 0.4) is 0 Å². The van der Waals surface area contributed by atoms with Gasteiger partial charge in [0.1, 0.15) is 5.60 Å². The Morgan fingerprint density at radius 2 is 1.44 bits per heavy atom. The normalized spacial score (nSPS) is 15.7. The topological polar surface area (TPSA) is 66.9 Å². The third kappa shape index (κ3) is 4.31. The summed E-state index contributed by atoms with van der Waals surface area (Å²) in [6.07, 6.45) is -1.69. The van der Waals surface area contributed by atoms with Gasteiger partial charge in [0.05, 0.1) is 16.3 Å². The molecule has 1 heterocycles. The maximum Gasteiger partial charge on any atom is 0.416 e. The number of nitrogens with zero attached hydrogens (tertiary/aromatic N) is 2. The van der Waals surface area contributed by atoms with Crippen LogP contribution in [0.1, 0.15) is 31.9 Å².